The number of carbonyl (C=O) groups excluding carboxylic acids is 1. The van der Waals surface area contributed by atoms with E-state index in [1.54, 1.807) is 20.1 Å². The van der Waals surface area contributed by atoms with E-state index in [9.17, 15) is 9.18 Å². The van der Waals surface area contributed by atoms with Crippen LogP contribution < -0.4 is 15.8 Å². The number of ether oxygens (including phenoxy) is 2. The van der Waals surface area contributed by atoms with Crippen molar-refractivity contribution in [2.75, 3.05) is 19.0 Å². The molecule has 0 radical (unpaired) electrons. The fourth-order valence-corrected chi connectivity index (χ4v) is 2.47. The van der Waals surface area contributed by atoms with E-state index >= 15 is 0 Å². The Morgan fingerprint density at radius 1 is 1.28 bits per heavy atom. The Labute approximate surface area is 146 Å². The number of hydrogen-bond acceptors (Lipinski definition) is 4. The standard InChI is InChI=1S/C19H23FN2O3/c1-4-25-11-15-7-13(5-6-18(15)24-3)10-22-17-9-14(19(21)23)8-16(20)12(17)2/h5-9,22H,4,10-11H2,1-3H3,(H2,21,23). The molecule has 0 spiro atoms. The van der Waals surface area contributed by atoms with E-state index in [1.165, 1.54) is 0 Å². The van der Waals surface area contributed by atoms with Crippen LogP contribution in [0, 0.1) is 12.7 Å². The van der Waals surface area contributed by atoms with Gasteiger partial charge < -0.3 is 20.5 Å². The number of nitrogens with two attached hydrogens (primary N) is 1. The molecule has 0 aliphatic carbocycles. The number of amides is 1. The van der Waals surface area contributed by atoms with E-state index in [-0.39, 0.29) is 5.56 Å². The summed E-state index contributed by atoms with van der Waals surface area (Å²) in [4.78, 5) is 11.3. The van der Waals surface area contributed by atoms with E-state index in [2.05, 4.69) is 5.32 Å². The molecule has 0 saturated heterocycles. The molecule has 0 fully saturated rings. The highest BCUT2D eigenvalue weighted by atomic mass is 19.1. The molecule has 6 heteroatoms. The first-order chi connectivity index (χ1) is 12.0. The third-order valence-corrected chi connectivity index (χ3v) is 3.92. The molecule has 3 N–H and O–H groups in total. The zero-order valence-corrected chi connectivity index (χ0v) is 14.7. The van der Waals surface area contributed by atoms with Crippen molar-refractivity contribution in [1.29, 1.82) is 0 Å². The number of benzene rings is 2. The highest BCUT2D eigenvalue weighted by molar-refractivity contribution is 5.94. The van der Waals surface area contributed by atoms with E-state index in [4.69, 9.17) is 15.2 Å². The second kappa shape index (κ2) is 8.48. The molecule has 2 rings (SSSR count). The van der Waals surface area contributed by atoms with Crippen molar-refractivity contribution in [3.8, 4) is 5.75 Å². The van der Waals surface area contributed by atoms with Crippen LogP contribution in [0.2, 0.25) is 0 Å². The Morgan fingerprint density at radius 2 is 2.04 bits per heavy atom. The highest BCUT2D eigenvalue weighted by Gasteiger charge is 2.11. The number of anilines is 1. The molecule has 0 saturated carbocycles. The topological polar surface area (TPSA) is 73.6 Å². The molecule has 2 aromatic carbocycles. The molecule has 0 atom stereocenters. The maximum Gasteiger partial charge on any atom is 0.248 e. The zero-order chi connectivity index (χ0) is 18.4. The van der Waals surface area contributed by atoms with Gasteiger partial charge in [0, 0.05) is 35.5 Å². The van der Waals surface area contributed by atoms with Gasteiger partial charge >= 0.3 is 0 Å². The minimum Gasteiger partial charge on any atom is -0.496 e. The van der Waals surface area contributed by atoms with Gasteiger partial charge in [0.05, 0.1) is 13.7 Å². The smallest absolute Gasteiger partial charge is 0.248 e. The molecule has 0 bridgehead atoms. The largest absolute Gasteiger partial charge is 0.496 e. The number of carbonyl (C=O) groups is 1. The number of rotatable bonds is 8. The molecular formula is C19H23FN2O3. The maximum atomic E-state index is 13.9. The molecule has 0 aromatic heterocycles. The van der Waals surface area contributed by atoms with Crippen molar-refractivity contribution in [1.82, 2.24) is 0 Å². The molecular weight excluding hydrogens is 323 g/mol. The lowest BCUT2D eigenvalue weighted by Crippen LogP contribution is -2.13. The molecule has 25 heavy (non-hydrogen) atoms. The van der Waals surface area contributed by atoms with Crippen LogP contribution in [0.25, 0.3) is 0 Å². The van der Waals surface area contributed by atoms with Gasteiger partial charge in [0.15, 0.2) is 0 Å². The molecule has 2 aromatic rings. The molecule has 0 unspecified atom stereocenters. The lowest BCUT2D eigenvalue weighted by atomic mass is 10.1. The van der Waals surface area contributed by atoms with E-state index < -0.39 is 11.7 Å². The Bertz CT molecular complexity index is 763. The number of hydrogen-bond donors (Lipinski definition) is 2. The fraction of sp³-hybridized carbons (Fsp3) is 0.316. The predicted molar refractivity (Wildman–Crippen MR) is 95.3 cm³/mol. The number of nitrogens with one attached hydrogen (secondary N) is 1. The molecule has 0 heterocycles. The normalized spacial score (nSPS) is 10.6. The van der Waals surface area contributed by atoms with E-state index in [0.29, 0.717) is 31.0 Å². The molecule has 0 aliphatic heterocycles. The summed E-state index contributed by atoms with van der Waals surface area (Å²) in [6.45, 7) is 5.12. The van der Waals surface area contributed by atoms with E-state index in [0.717, 1.165) is 22.9 Å². The van der Waals surface area contributed by atoms with Gasteiger partial charge in [-0.2, -0.15) is 0 Å². The predicted octanol–water partition coefficient (Wildman–Crippen LogP) is 3.39. The van der Waals surface area contributed by atoms with Gasteiger partial charge in [0.25, 0.3) is 0 Å². The summed E-state index contributed by atoms with van der Waals surface area (Å²) in [5.74, 6) is -0.369. The van der Waals surface area contributed by atoms with Gasteiger partial charge in [0.2, 0.25) is 5.91 Å². The summed E-state index contributed by atoms with van der Waals surface area (Å²) in [6.07, 6.45) is 0. The van der Waals surface area contributed by atoms with Gasteiger partial charge in [-0.3, -0.25) is 4.79 Å². The van der Waals surface area contributed by atoms with Crippen LogP contribution in [-0.2, 0) is 17.9 Å². The highest BCUT2D eigenvalue weighted by Crippen LogP contribution is 2.24. The second-order valence-electron chi connectivity index (χ2n) is 5.63. The molecule has 134 valence electrons. The van der Waals surface area contributed by atoms with Crippen molar-refractivity contribution in [3.05, 3.63) is 58.4 Å². The quantitative estimate of drug-likeness (QED) is 0.768. The van der Waals surface area contributed by atoms with Gasteiger partial charge in [-0.25, -0.2) is 4.39 Å². The summed E-state index contributed by atoms with van der Waals surface area (Å²) in [5.41, 5.74) is 8.29. The second-order valence-corrected chi connectivity index (χ2v) is 5.63. The van der Waals surface area contributed by atoms with Crippen molar-refractivity contribution in [2.24, 2.45) is 5.73 Å². The van der Waals surface area contributed by atoms with Gasteiger partial charge in [-0.15, -0.1) is 0 Å². The van der Waals surface area contributed by atoms with Crippen molar-refractivity contribution >= 4 is 11.6 Å². The third-order valence-electron chi connectivity index (χ3n) is 3.92. The number of primary amides is 1. The number of methoxy groups -OCH3 is 1. The van der Waals surface area contributed by atoms with Gasteiger partial charge in [0.1, 0.15) is 11.6 Å². The van der Waals surface area contributed by atoms with Crippen molar-refractivity contribution < 1.29 is 18.7 Å². The minimum atomic E-state index is -0.662. The van der Waals surface area contributed by atoms with E-state index in [1.807, 2.05) is 25.1 Å². The van der Waals surface area contributed by atoms with Crippen molar-refractivity contribution in [3.63, 3.8) is 0 Å². The van der Waals surface area contributed by atoms with Crippen LogP contribution in [0.3, 0.4) is 0 Å². The van der Waals surface area contributed by atoms with Crippen LogP contribution in [-0.4, -0.2) is 19.6 Å². The van der Waals surface area contributed by atoms with Gasteiger partial charge in [-0.1, -0.05) is 6.07 Å². The summed E-state index contributed by atoms with van der Waals surface area (Å²) >= 11 is 0. The first kappa shape index (κ1) is 18.7. The molecule has 5 nitrogen and oxygen atoms in total. The van der Waals surface area contributed by atoms with Crippen LogP contribution >= 0.6 is 0 Å². The fourth-order valence-electron chi connectivity index (χ4n) is 2.47. The monoisotopic (exact) mass is 346 g/mol. The summed E-state index contributed by atoms with van der Waals surface area (Å²) in [7, 11) is 1.62. The first-order valence-electron chi connectivity index (χ1n) is 8.03. The van der Waals surface area contributed by atoms with Crippen LogP contribution in [0.1, 0.15) is 34.0 Å². The average Bonchev–Trinajstić information content (AvgIpc) is 2.60. The minimum absolute atomic E-state index is 0.136. The molecule has 0 aliphatic rings. The summed E-state index contributed by atoms with van der Waals surface area (Å²) in [6, 6.07) is 8.48. The third kappa shape index (κ3) is 4.70. The lowest BCUT2D eigenvalue weighted by molar-refractivity contribution is 0.1000. The maximum absolute atomic E-state index is 13.9. The van der Waals surface area contributed by atoms with Crippen molar-refractivity contribution in [2.45, 2.75) is 27.0 Å². The Morgan fingerprint density at radius 3 is 2.68 bits per heavy atom. The summed E-state index contributed by atoms with van der Waals surface area (Å²) < 4.78 is 24.7. The summed E-state index contributed by atoms with van der Waals surface area (Å²) in [5, 5.41) is 3.16. The number of halogens is 1. The first-order valence-corrected chi connectivity index (χ1v) is 8.03. The zero-order valence-electron chi connectivity index (χ0n) is 14.7. The Hall–Kier alpha value is -2.60. The Balaban J connectivity index is 2.19. The SMILES string of the molecule is CCOCc1cc(CNc2cc(C(N)=O)cc(F)c2C)ccc1OC. The van der Waals surface area contributed by atoms with Crippen LogP contribution in [0.5, 0.6) is 5.75 Å². The van der Waals surface area contributed by atoms with Crippen LogP contribution in [0.15, 0.2) is 30.3 Å². The van der Waals surface area contributed by atoms with Gasteiger partial charge in [-0.05, 0) is 43.7 Å². The average molecular weight is 346 g/mol. The lowest BCUT2D eigenvalue weighted by Gasteiger charge is -2.14. The Kier molecular flexibility index (Phi) is 6.36. The molecule has 1 amide bonds. The van der Waals surface area contributed by atoms with Crippen LogP contribution in [0.4, 0.5) is 10.1 Å².